The lowest BCUT2D eigenvalue weighted by molar-refractivity contribution is -0.138. The van der Waals surface area contributed by atoms with Gasteiger partial charge >= 0.3 is 0 Å². The largest absolute Gasteiger partial charge is 0.497 e. The highest BCUT2D eigenvalue weighted by Crippen LogP contribution is 2.25. The summed E-state index contributed by atoms with van der Waals surface area (Å²) in [6.45, 7) is 3.14. The molecule has 0 spiro atoms. The highest BCUT2D eigenvalue weighted by molar-refractivity contribution is 6.06. The molecule has 1 atom stereocenters. The maximum absolute atomic E-state index is 13.1. The smallest absolute Gasteiger partial charge is 0.275 e. The predicted molar refractivity (Wildman–Crippen MR) is 94.6 cm³/mol. The number of H-pyrrole nitrogens is 1. The maximum Gasteiger partial charge on any atom is 0.275 e. The van der Waals surface area contributed by atoms with Crippen LogP contribution >= 0.6 is 0 Å². The van der Waals surface area contributed by atoms with Gasteiger partial charge in [0, 0.05) is 25.5 Å². The minimum absolute atomic E-state index is 0.00507. The topological polar surface area (TPSA) is 78.5 Å². The molecule has 1 aliphatic rings. The van der Waals surface area contributed by atoms with E-state index in [9.17, 15) is 9.59 Å². The summed E-state index contributed by atoms with van der Waals surface area (Å²) in [5.41, 5.74) is 1.11. The molecular formula is C18H24N4O3. The number of benzene rings is 1. The van der Waals surface area contributed by atoms with Crippen LogP contribution in [-0.4, -0.2) is 65.1 Å². The van der Waals surface area contributed by atoms with Crippen LogP contribution in [0.3, 0.4) is 0 Å². The lowest BCUT2D eigenvalue weighted by atomic mass is 10.0. The first kappa shape index (κ1) is 17.3. The van der Waals surface area contributed by atoms with Crippen molar-refractivity contribution in [2.45, 2.75) is 32.2 Å². The molecule has 1 aromatic heterocycles. The number of fused-ring (bicyclic) bond motifs is 1. The van der Waals surface area contributed by atoms with Crippen molar-refractivity contribution in [1.82, 2.24) is 20.0 Å². The number of unbranched alkanes of at least 4 members (excludes halogenated alkanes) is 1. The predicted octanol–water partition coefficient (Wildman–Crippen LogP) is 2.04. The summed E-state index contributed by atoms with van der Waals surface area (Å²) >= 11 is 0. The average Bonchev–Trinajstić information content (AvgIpc) is 3.05. The van der Waals surface area contributed by atoms with Crippen molar-refractivity contribution in [1.29, 1.82) is 0 Å². The molecule has 0 aliphatic carbocycles. The fourth-order valence-electron chi connectivity index (χ4n) is 3.25. The lowest BCUT2D eigenvalue weighted by Crippen LogP contribution is -2.57. The number of piperazine rings is 1. The van der Waals surface area contributed by atoms with Gasteiger partial charge in [0.25, 0.3) is 5.91 Å². The molecular weight excluding hydrogens is 320 g/mol. The molecule has 2 heterocycles. The number of hydrogen-bond donors (Lipinski definition) is 1. The molecule has 0 bridgehead atoms. The van der Waals surface area contributed by atoms with Gasteiger partial charge in [0.05, 0.1) is 12.6 Å². The van der Waals surface area contributed by atoms with E-state index in [1.165, 1.54) is 0 Å². The SMILES string of the molecule is CCCC[C@H]1C(=O)N(C)CCN1C(=O)c1n[nH]c2ccc(OC)cc12. The third-order valence-electron chi connectivity index (χ3n) is 4.78. The summed E-state index contributed by atoms with van der Waals surface area (Å²) in [7, 11) is 3.38. The first-order valence-electron chi connectivity index (χ1n) is 8.64. The molecule has 7 nitrogen and oxygen atoms in total. The number of ether oxygens (including phenoxy) is 1. The van der Waals surface area contributed by atoms with Crippen molar-refractivity contribution < 1.29 is 14.3 Å². The Balaban J connectivity index is 1.94. The Morgan fingerprint density at radius 3 is 2.92 bits per heavy atom. The number of likely N-dealkylation sites (N-methyl/N-ethyl adjacent to an activating group) is 1. The zero-order chi connectivity index (χ0) is 18.0. The molecule has 2 amide bonds. The Bertz CT molecular complexity index is 786. The number of carbonyl (C=O) groups is 2. The highest BCUT2D eigenvalue weighted by atomic mass is 16.5. The van der Waals surface area contributed by atoms with Crippen LogP contribution in [0.25, 0.3) is 10.9 Å². The van der Waals surface area contributed by atoms with Crippen molar-refractivity contribution in [3.8, 4) is 5.75 Å². The number of nitrogens with zero attached hydrogens (tertiary/aromatic N) is 3. The summed E-state index contributed by atoms with van der Waals surface area (Å²) < 4.78 is 5.25. The third kappa shape index (κ3) is 3.18. The minimum atomic E-state index is -0.413. The minimum Gasteiger partial charge on any atom is -0.497 e. The van der Waals surface area contributed by atoms with Crippen LogP contribution in [0.4, 0.5) is 0 Å². The molecule has 25 heavy (non-hydrogen) atoms. The van der Waals surface area contributed by atoms with Gasteiger partial charge in [-0.2, -0.15) is 5.10 Å². The van der Waals surface area contributed by atoms with Crippen molar-refractivity contribution >= 4 is 22.7 Å². The van der Waals surface area contributed by atoms with Gasteiger partial charge in [-0.15, -0.1) is 0 Å². The molecule has 0 radical (unpaired) electrons. The van der Waals surface area contributed by atoms with Gasteiger partial charge in [-0.1, -0.05) is 19.8 Å². The number of aromatic amines is 1. The Morgan fingerprint density at radius 1 is 1.40 bits per heavy atom. The molecule has 0 unspecified atom stereocenters. The van der Waals surface area contributed by atoms with Crippen LogP contribution < -0.4 is 4.74 Å². The number of methoxy groups -OCH3 is 1. The van der Waals surface area contributed by atoms with Gasteiger partial charge in [0.1, 0.15) is 11.8 Å². The molecule has 2 aromatic rings. The van der Waals surface area contributed by atoms with Gasteiger partial charge in [0.2, 0.25) is 5.91 Å². The molecule has 134 valence electrons. The number of hydrogen-bond acceptors (Lipinski definition) is 4. The van der Waals surface area contributed by atoms with Crippen molar-refractivity contribution in [2.24, 2.45) is 0 Å². The Morgan fingerprint density at radius 2 is 2.20 bits per heavy atom. The van der Waals surface area contributed by atoms with E-state index in [2.05, 4.69) is 17.1 Å². The summed E-state index contributed by atoms with van der Waals surface area (Å²) in [5, 5.41) is 7.81. The molecule has 1 N–H and O–H groups in total. The second kappa shape index (κ2) is 7.13. The van der Waals surface area contributed by atoms with Gasteiger partial charge in [-0.3, -0.25) is 14.7 Å². The van der Waals surface area contributed by atoms with E-state index in [0.29, 0.717) is 36.3 Å². The monoisotopic (exact) mass is 344 g/mol. The Hall–Kier alpha value is -2.57. The van der Waals surface area contributed by atoms with Crippen LogP contribution in [0.1, 0.15) is 36.7 Å². The molecule has 1 aliphatic heterocycles. The second-order valence-corrected chi connectivity index (χ2v) is 6.40. The van der Waals surface area contributed by atoms with E-state index in [1.807, 2.05) is 12.1 Å². The van der Waals surface area contributed by atoms with E-state index >= 15 is 0 Å². The quantitative estimate of drug-likeness (QED) is 0.900. The number of aromatic nitrogens is 2. The number of amides is 2. The summed E-state index contributed by atoms with van der Waals surface area (Å²) in [6.07, 6.45) is 2.57. The third-order valence-corrected chi connectivity index (χ3v) is 4.78. The Kier molecular flexibility index (Phi) is 4.92. The molecule has 1 saturated heterocycles. The van der Waals surface area contributed by atoms with Gasteiger partial charge < -0.3 is 14.5 Å². The molecule has 1 fully saturated rings. The van der Waals surface area contributed by atoms with Crippen molar-refractivity contribution in [3.63, 3.8) is 0 Å². The zero-order valence-electron chi connectivity index (χ0n) is 14.9. The fraction of sp³-hybridized carbons (Fsp3) is 0.500. The molecule has 3 rings (SSSR count). The van der Waals surface area contributed by atoms with E-state index < -0.39 is 6.04 Å². The zero-order valence-corrected chi connectivity index (χ0v) is 14.9. The van der Waals surface area contributed by atoms with E-state index in [1.54, 1.807) is 30.0 Å². The van der Waals surface area contributed by atoms with Crippen LogP contribution in [0.15, 0.2) is 18.2 Å². The number of carbonyl (C=O) groups excluding carboxylic acids is 2. The average molecular weight is 344 g/mol. The van der Waals surface area contributed by atoms with Crippen molar-refractivity contribution in [3.05, 3.63) is 23.9 Å². The van der Waals surface area contributed by atoms with Crippen molar-refractivity contribution in [2.75, 3.05) is 27.2 Å². The van der Waals surface area contributed by atoms with Crippen LogP contribution in [0, 0.1) is 0 Å². The summed E-state index contributed by atoms with van der Waals surface area (Å²) in [6, 6.07) is 5.04. The Labute approximate surface area is 146 Å². The maximum atomic E-state index is 13.1. The van der Waals surface area contributed by atoms with Gasteiger partial charge in [0.15, 0.2) is 5.69 Å². The molecule has 7 heteroatoms. The summed E-state index contributed by atoms with van der Waals surface area (Å²) in [4.78, 5) is 29.1. The molecule has 1 aromatic carbocycles. The van der Waals surface area contributed by atoms with Crippen LogP contribution in [-0.2, 0) is 4.79 Å². The first-order chi connectivity index (χ1) is 12.1. The highest BCUT2D eigenvalue weighted by Gasteiger charge is 2.37. The standard InChI is InChI=1S/C18H24N4O3/c1-4-5-6-15-17(23)21(2)9-10-22(15)18(24)16-13-11-12(25-3)7-8-14(13)19-20-16/h7-8,11,15H,4-6,9-10H2,1-3H3,(H,19,20)/t15-/m0/s1. The van der Waals surface area contributed by atoms with Crippen LogP contribution in [0.2, 0.25) is 0 Å². The lowest BCUT2D eigenvalue weighted by Gasteiger charge is -2.39. The first-order valence-corrected chi connectivity index (χ1v) is 8.64. The van der Waals surface area contributed by atoms with E-state index in [-0.39, 0.29) is 11.8 Å². The number of rotatable bonds is 5. The normalized spacial score (nSPS) is 18.0. The fourth-order valence-corrected chi connectivity index (χ4v) is 3.25. The number of nitrogens with one attached hydrogen (secondary N) is 1. The molecule has 0 saturated carbocycles. The van der Waals surface area contributed by atoms with E-state index in [0.717, 1.165) is 18.4 Å². The van der Waals surface area contributed by atoms with Gasteiger partial charge in [-0.05, 0) is 24.6 Å². The summed E-state index contributed by atoms with van der Waals surface area (Å²) in [5.74, 6) is 0.465. The second-order valence-electron chi connectivity index (χ2n) is 6.40. The van der Waals surface area contributed by atoms with Crippen LogP contribution in [0.5, 0.6) is 5.75 Å². The van der Waals surface area contributed by atoms with E-state index in [4.69, 9.17) is 4.74 Å². The van der Waals surface area contributed by atoms with Gasteiger partial charge in [-0.25, -0.2) is 0 Å².